The maximum absolute atomic E-state index is 11.7. The number of rotatable bonds is 8. The molecule has 0 saturated carbocycles. The number of hydrazone groups is 1. The van der Waals surface area contributed by atoms with E-state index in [2.05, 4.69) is 10.5 Å². The van der Waals surface area contributed by atoms with Gasteiger partial charge in [-0.15, -0.1) is 0 Å². The largest absolute Gasteiger partial charge is 0.493 e. The molecule has 0 aliphatic carbocycles. The molecule has 0 bridgehead atoms. The molecular weight excluding hydrogens is 324 g/mol. The molecule has 0 unspecified atom stereocenters. The molecule has 1 amide bonds. The van der Waals surface area contributed by atoms with Crippen LogP contribution in [0.2, 0.25) is 5.02 Å². The van der Waals surface area contributed by atoms with Gasteiger partial charge in [-0.1, -0.05) is 41.9 Å². The number of carbonyl (C=O) groups excluding carboxylic acids is 1. The highest BCUT2D eigenvalue weighted by Gasteiger charge is 2.02. The van der Waals surface area contributed by atoms with Gasteiger partial charge in [0.15, 0.2) is 0 Å². The zero-order valence-corrected chi connectivity index (χ0v) is 14.4. The van der Waals surface area contributed by atoms with E-state index in [1.54, 1.807) is 12.3 Å². The van der Waals surface area contributed by atoms with E-state index in [1.807, 2.05) is 49.4 Å². The molecule has 5 heteroatoms. The van der Waals surface area contributed by atoms with Crippen molar-refractivity contribution < 1.29 is 9.53 Å². The molecule has 24 heavy (non-hydrogen) atoms. The van der Waals surface area contributed by atoms with Gasteiger partial charge < -0.3 is 4.74 Å². The van der Waals surface area contributed by atoms with Crippen LogP contribution < -0.4 is 10.2 Å². The number of aryl methyl sites for hydroxylation is 1. The molecule has 0 fully saturated rings. The van der Waals surface area contributed by atoms with Crippen LogP contribution >= 0.6 is 11.6 Å². The van der Waals surface area contributed by atoms with E-state index < -0.39 is 0 Å². The molecule has 0 spiro atoms. The summed E-state index contributed by atoms with van der Waals surface area (Å²) in [6.07, 6.45) is 3.39. The Morgan fingerprint density at radius 2 is 2.04 bits per heavy atom. The quantitative estimate of drug-likeness (QED) is 0.444. The van der Waals surface area contributed by atoms with Gasteiger partial charge in [-0.2, -0.15) is 5.10 Å². The average Bonchev–Trinajstić information content (AvgIpc) is 2.58. The number of halogens is 1. The summed E-state index contributed by atoms with van der Waals surface area (Å²) in [5.41, 5.74) is 4.67. The van der Waals surface area contributed by atoms with Crippen molar-refractivity contribution in [3.8, 4) is 5.75 Å². The summed E-state index contributed by atoms with van der Waals surface area (Å²) < 4.78 is 5.65. The first kappa shape index (κ1) is 18.0. The molecule has 2 rings (SSSR count). The van der Waals surface area contributed by atoms with Crippen LogP contribution in [0.1, 0.15) is 24.0 Å². The number of hydrogen-bond acceptors (Lipinski definition) is 3. The standard InChI is InChI=1S/C19H21ClN2O2/c1-15-14-17(20)9-10-18(15)24-13-5-8-19(23)22-21-12-11-16-6-3-2-4-7-16/h2-4,6-7,9-10,12,14H,5,8,11,13H2,1H3,(H,22,23). The third kappa shape index (κ3) is 6.42. The highest BCUT2D eigenvalue weighted by molar-refractivity contribution is 6.30. The fourth-order valence-electron chi connectivity index (χ4n) is 2.13. The number of hydrogen-bond donors (Lipinski definition) is 1. The Hall–Kier alpha value is -2.33. The number of nitrogens with one attached hydrogen (secondary N) is 1. The molecule has 126 valence electrons. The lowest BCUT2D eigenvalue weighted by atomic mass is 10.2. The normalized spacial score (nSPS) is 10.8. The first-order chi connectivity index (χ1) is 11.6. The van der Waals surface area contributed by atoms with Crippen molar-refractivity contribution in [2.75, 3.05) is 6.61 Å². The molecule has 0 radical (unpaired) electrons. The predicted octanol–water partition coefficient (Wildman–Crippen LogP) is 4.15. The van der Waals surface area contributed by atoms with Gasteiger partial charge in [0.1, 0.15) is 5.75 Å². The Labute approximate surface area is 147 Å². The van der Waals surface area contributed by atoms with Crippen molar-refractivity contribution in [3.63, 3.8) is 0 Å². The Balaban J connectivity index is 1.61. The van der Waals surface area contributed by atoms with Crippen LogP contribution in [-0.4, -0.2) is 18.7 Å². The summed E-state index contributed by atoms with van der Waals surface area (Å²) in [6, 6.07) is 15.4. The predicted molar refractivity (Wildman–Crippen MR) is 97.7 cm³/mol. The molecule has 0 atom stereocenters. The number of ether oxygens (including phenoxy) is 1. The molecule has 1 N–H and O–H groups in total. The molecular formula is C19H21ClN2O2. The van der Waals surface area contributed by atoms with Crippen molar-refractivity contribution in [2.24, 2.45) is 5.10 Å². The zero-order valence-electron chi connectivity index (χ0n) is 13.7. The topological polar surface area (TPSA) is 50.7 Å². The fourth-order valence-corrected chi connectivity index (χ4v) is 2.35. The van der Waals surface area contributed by atoms with E-state index >= 15 is 0 Å². The highest BCUT2D eigenvalue weighted by atomic mass is 35.5. The Kier molecular flexibility index (Phi) is 7.30. The van der Waals surface area contributed by atoms with Crippen molar-refractivity contribution in [3.05, 3.63) is 64.7 Å². The van der Waals surface area contributed by atoms with Crippen LogP contribution in [0.15, 0.2) is 53.6 Å². The first-order valence-electron chi connectivity index (χ1n) is 7.88. The molecule has 4 nitrogen and oxygen atoms in total. The van der Waals surface area contributed by atoms with Gasteiger partial charge in [-0.25, -0.2) is 5.43 Å². The molecule has 0 aliphatic rings. The lowest BCUT2D eigenvalue weighted by molar-refractivity contribution is -0.121. The average molecular weight is 345 g/mol. The second-order valence-electron chi connectivity index (χ2n) is 5.40. The summed E-state index contributed by atoms with van der Waals surface area (Å²) in [4.78, 5) is 11.7. The SMILES string of the molecule is Cc1cc(Cl)ccc1OCCCC(=O)NN=CCc1ccccc1. The fraction of sp³-hybridized carbons (Fsp3) is 0.263. The van der Waals surface area contributed by atoms with E-state index in [4.69, 9.17) is 16.3 Å². The molecule has 2 aromatic carbocycles. The first-order valence-corrected chi connectivity index (χ1v) is 8.26. The summed E-state index contributed by atoms with van der Waals surface area (Å²) in [6.45, 7) is 2.42. The minimum atomic E-state index is -0.115. The third-order valence-corrected chi connectivity index (χ3v) is 3.63. The van der Waals surface area contributed by atoms with Gasteiger partial charge in [-0.3, -0.25) is 4.79 Å². The van der Waals surface area contributed by atoms with E-state index in [-0.39, 0.29) is 5.91 Å². The molecule has 0 aromatic heterocycles. The molecule has 0 saturated heterocycles. The van der Waals surface area contributed by atoms with Crippen molar-refractivity contribution in [2.45, 2.75) is 26.2 Å². The zero-order chi connectivity index (χ0) is 17.2. The summed E-state index contributed by atoms with van der Waals surface area (Å²) in [5, 5.41) is 4.63. The minimum absolute atomic E-state index is 0.115. The number of carbonyl (C=O) groups is 1. The van der Waals surface area contributed by atoms with Gasteiger partial charge in [0.2, 0.25) is 5.91 Å². The van der Waals surface area contributed by atoms with Gasteiger partial charge in [0.25, 0.3) is 0 Å². The number of amides is 1. The third-order valence-electron chi connectivity index (χ3n) is 3.39. The van der Waals surface area contributed by atoms with Gasteiger partial charge >= 0.3 is 0 Å². The second-order valence-corrected chi connectivity index (χ2v) is 5.83. The van der Waals surface area contributed by atoms with Gasteiger partial charge in [-0.05, 0) is 42.7 Å². The summed E-state index contributed by atoms with van der Waals surface area (Å²) in [7, 11) is 0. The second kappa shape index (κ2) is 9.73. The monoisotopic (exact) mass is 344 g/mol. The van der Waals surface area contributed by atoms with Crippen molar-refractivity contribution in [1.82, 2.24) is 5.43 Å². The van der Waals surface area contributed by atoms with Crippen LogP contribution in [0.25, 0.3) is 0 Å². The summed E-state index contributed by atoms with van der Waals surface area (Å²) >= 11 is 5.90. The Morgan fingerprint density at radius 1 is 1.25 bits per heavy atom. The number of nitrogens with zero attached hydrogens (tertiary/aromatic N) is 1. The molecule has 0 aliphatic heterocycles. The van der Waals surface area contributed by atoms with E-state index in [1.165, 1.54) is 0 Å². The maximum atomic E-state index is 11.7. The number of benzene rings is 2. The van der Waals surface area contributed by atoms with Crippen molar-refractivity contribution in [1.29, 1.82) is 0 Å². The van der Waals surface area contributed by atoms with Crippen LogP contribution in [0.4, 0.5) is 0 Å². The van der Waals surface area contributed by atoms with Crippen LogP contribution in [0.5, 0.6) is 5.75 Å². The van der Waals surface area contributed by atoms with Gasteiger partial charge in [0, 0.05) is 24.1 Å². The van der Waals surface area contributed by atoms with E-state index in [0.717, 1.165) is 16.9 Å². The minimum Gasteiger partial charge on any atom is -0.493 e. The Bertz CT molecular complexity index is 687. The summed E-state index contributed by atoms with van der Waals surface area (Å²) in [5.74, 6) is 0.677. The Morgan fingerprint density at radius 3 is 2.79 bits per heavy atom. The van der Waals surface area contributed by atoms with Crippen molar-refractivity contribution >= 4 is 23.7 Å². The molecule has 0 heterocycles. The maximum Gasteiger partial charge on any atom is 0.240 e. The van der Waals surface area contributed by atoms with E-state index in [0.29, 0.717) is 30.9 Å². The lowest BCUT2D eigenvalue weighted by Gasteiger charge is -2.08. The highest BCUT2D eigenvalue weighted by Crippen LogP contribution is 2.21. The van der Waals surface area contributed by atoms with Crippen LogP contribution in [-0.2, 0) is 11.2 Å². The van der Waals surface area contributed by atoms with Crippen LogP contribution in [0, 0.1) is 6.92 Å². The molecule has 2 aromatic rings. The van der Waals surface area contributed by atoms with E-state index in [9.17, 15) is 4.79 Å². The smallest absolute Gasteiger partial charge is 0.240 e. The lowest BCUT2D eigenvalue weighted by Crippen LogP contribution is -2.18. The van der Waals surface area contributed by atoms with Gasteiger partial charge in [0.05, 0.1) is 6.61 Å². The van der Waals surface area contributed by atoms with Crippen LogP contribution in [0.3, 0.4) is 0 Å².